The van der Waals surface area contributed by atoms with E-state index in [2.05, 4.69) is 52.0 Å². The lowest BCUT2D eigenvalue weighted by Gasteiger charge is -2.39. The zero-order chi connectivity index (χ0) is 14.4. The van der Waals surface area contributed by atoms with Crippen LogP contribution in [0.25, 0.3) is 0 Å². The molecule has 1 fully saturated rings. The molecule has 0 aliphatic carbocycles. The molecule has 1 saturated heterocycles. The summed E-state index contributed by atoms with van der Waals surface area (Å²) in [5, 5.41) is 8.83. The molecule has 0 radical (unpaired) electrons. The minimum atomic E-state index is 0.162. The fourth-order valence-corrected chi connectivity index (χ4v) is 3.04. The van der Waals surface area contributed by atoms with Crippen LogP contribution in [0.5, 0.6) is 0 Å². The number of nitrogens with zero attached hydrogens (tertiary/aromatic N) is 1. The molecule has 1 aromatic carbocycles. The van der Waals surface area contributed by atoms with E-state index in [0.29, 0.717) is 12.6 Å². The molecule has 4 heteroatoms. The van der Waals surface area contributed by atoms with E-state index in [-0.39, 0.29) is 6.10 Å². The van der Waals surface area contributed by atoms with Gasteiger partial charge in [-0.15, -0.1) is 0 Å². The molecular weight excluding hydrogens is 318 g/mol. The van der Waals surface area contributed by atoms with Crippen LogP contribution in [0.2, 0.25) is 0 Å². The van der Waals surface area contributed by atoms with E-state index in [1.54, 1.807) is 0 Å². The van der Waals surface area contributed by atoms with E-state index in [4.69, 9.17) is 9.84 Å². The standard InChI is InChI=1S/C16H24BrNO2/c1-13-16(14-5-7-15(17)8-6-14)20-12-10-18(13)9-3-2-4-11-19/h5-8,13,16,19H,2-4,9-12H2,1H3. The molecule has 20 heavy (non-hydrogen) atoms. The minimum Gasteiger partial charge on any atom is -0.396 e. The second kappa shape index (κ2) is 8.13. The van der Waals surface area contributed by atoms with Gasteiger partial charge in [-0.2, -0.15) is 0 Å². The minimum absolute atomic E-state index is 0.162. The molecule has 0 amide bonds. The Labute approximate surface area is 130 Å². The van der Waals surface area contributed by atoms with Crippen molar-refractivity contribution >= 4 is 15.9 Å². The summed E-state index contributed by atoms with van der Waals surface area (Å²) in [6, 6.07) is 8.83. The largest absolute Gasteiger partial charge is 0.396 e. The van der Waals surface area contributed by atoms with Crippen LogP contribution in [-0.4, -0.2) is 42.4 Å². The maximum absolute atomic E-state index is 8.83. The first-order chi connectivity index (χ1) is 9.72. The second-order valence-corrected chi connectivity index (χ2v) is 6.32. The Hall–Kier alpha value is -0.420. The molecule has 2 rings (SSSR count). The van der Waals surface area contributed by atoms with E-state index in [1.165, 1.54) is 5.56 Å². The maximum atomic E-state index is 8.83. The molecule has 1 aromatic rings. The average molecular weight is 342 g/mol. The van der Waals surface area contributed by atoms with Crippen LogP contribution in [0, 0.1) is 0 Å². The van der Waals surface area contributed by atoms with Gasteiger partial charge in [0.1, 0.15) is 0 Å². The number of hydrogen-bond donors (Lipinski definition) is 1. The van der Waals surface area contributed by atoms with Crippen LogP contribution >= 0.6 is 15.9 Å². The van der Waals surface area contributed by atoms with Gasteiger partial charge in [0.05, 0.1) is 12.7 Å². The van der Waals surface area contributed by atoms with Crippen molar-refractivity contribution in [2.75, 3.05) is 26.3 Å². The zero-order valence-electron chi connectivity index (χ0n) is 12.1. The Balaban J connectivity index is 1.92. The summed E-state index contributed by atoms with van der Waals surface area (Å²) >= 11 is 3.47. The van der Waals surface area contributed by atoms with Crippen LogP contribution in [0.1, 0.15) is 37.9 Å². The quantitative estimate of drug-likeness (QED) is 0.805. The summed E-state index contributed by atoms with van der Waals surface area (Å²) in [6.07, 6.45) is 3.32. The topological polar surface area (TPSA) is 32.7 Å². The average Bonchev–Trinajstić information content (AvgIpc) is 2.46. The smallest absolute Gasteiger partial charge is 0.0977 e. The number of aliphatic hydroxyl groups is 1. The SMILES string of the molecule is CC1C(c2ccc(Br)cc2)OCCN1CCCCCO. The molecule has 2 atom stereocenters. The Morgan fingerprint density at radius 1 is 1.25 bits per heavy atom. The van der Waals surface area contributed by atoms with E-state index >= 15 is 0 Å². The van der Waals surface area contributed by atoms with E-state index in [1.807, 2.05) is 0 Å². The third-order valence-corrected chi connectivity index (χ3v) is 4.52. The van der Waals surface area contributed by atoms with Gasteiger partial charge >= 0.3 is 0 Å². The summed E-state index contributed by atoms with van der Waals surface area (Å²) in [7, 11) is 0. The lowest BCUT2D eigenvalue weighted by molar-refractivity contribution is -0.0673. The van der Waals surface area contributed by atoms with Gasteiger partial charge in [0.2, 0.25) is 0 Å². The van der Waals surface area contributed by atoms with Crippen molar-refractivity contribution in [3.05, 3.63) is 34.3 Å². The highest BCUT2D eigenvalue weighted by molar-refractivity contribution is 9.10. The Kier molecular flexibility index (Phi) is 6.49. The third-order valence-electron chi connectivity index (χ3n) is 3.99. The Bertz CT molecular complexity index is 396. The number of ether oxygens (including phenoxy) is 1. The van der Waals surface area contributed by atoms with Crippen LogP contribution in [0.3, 0.4) is 0 Å². The number of morpholine rings is 1. The third kappa shape index (κ3) is 4.29. The summed E-state index contributed by atoms with van der Waals surface area (Å²) in [4.78, 5) is 2.51. The number of hydrogen-bond acceptors (Lipinski definition) is 3. The lowest BCUT2D eigenvalue weighted by atomic mass is 10.0. The molecule has 0 bridgehead atoms. The molecule has 0 saturated carbocycles. The monoisotopic (exact) mass is 341 g/mol. The van der Waals surface area contributed by atoms with Gasteiger partial charge in [-0.3, -0.25) is 4.90 Å². The molecule has 1 aliphatic heterocycles. The molecular formula is C16H24BrNO2. The molecule has 1 N–H and O–H groups in total. The van der Waals surface area contributed by atoms with Gasteiger partial charge in [-0.1, -0.05) is 28.1 Å². The molecule has 0 spiro atoms. The second-order valence-electron chi connectivity index (χ2n) is 5.40. The predicted molar refractivity (Wildman–Crippen MR) is 84.8 cm³/mol. The first-order valence-electron chi connectivity index (χ1n) is 7.44. The molecule has 0 aromatic heterocycles. The Morgan fingerprint density at radius 3 is 2.70 bits per heavy atom. The first kappa shape index (κ1) is 16.0. The number of unbranched alkanes of at least 4 members (excludes halogenated alkanes) is 2. The summed E-state index contributed by atoms with van der Waals surface area (Å²) in [5.74, 6) is 0. The molecule has 1 heterocycles. The van der Waals surface area contributed by atoms with Gasteiger partial charge in [-0.25, -0.2) is 0 Å². The van der Waals surface area contributed by atoms with Gasteiger partial charge < -0.3 is 9.84 Å². The highest BCUT2D eigenvalue weighted by Gasteiger charge is 2.29. The van der Waals surface area contributed by atoms with Gasteiger partial charge in [-0.05, 0) is 50.4 Å². The fraction of sp³-hybridized carbons (Fsp3) is 0.625. The number of benzene rings is 1. The maximum Gasteiger partial charge on any atom is 0.0977 e. The van der Waals surface area contributed by atoms with Crippen molar-refractivity contribution in [1.82, 2.24) is 4.90 Å². The van der Waals surface area contributed by atoms with Crippen molar-refractivity contribution in [2.45, 2.75) is 38.3 Å². The van der Waals surface area contributed by atoms with Gasteiger partial charge in [0, 0.05) is 23.7 Å². The molecule has 3 nitrogen and oxygen atoms in total. The van der Waals surface area contributed by atoms with Crippen LogP contribution < -0.4 is 0 Å². The van der Waals surface area contributed by atoms with Crippen molar-refractivity contribution in [3.8, 4) is 0 Å². The van der Waals surface area contributed by atoms with Gasteiger partial charge in [0.25, 0.3) is 0 Å². The summed E-state index contributed by atoms with van der Waals surface area (Å²) < 4.78 is 7.08. The van der Waals surface area contributed by atoms with Crippen molar-refractivity contribution < 1.29 is 9.84 Å². The lowest BCUT2D eigenvalue weighted by Crippen LogP contribution is -2.45. The molecule has 112 valence electrons. The number of rotatable bonds is 6. The zero-order valence-corrected chi connectivity index (χ0v) is 13.7. The first-order valence-corrected chi connectivity index (χ1v) is 8.23. The fourth-order valence-electron chi connectivity index (χ4n) is 2.78. The van der Waals surface area contributed by atoms with Crippen LogP contribution in [0.4, 0.5) is 0 Å². The predicted octanol–water partition coefficient (Wildman–Crippen LogP) is 3.37. The van der Waals surface area contributed by atoms with Crippen LogP contribution in [0.15, 0.2) is 28.7 Å². The molecule has 2 unspecified atom stereocenters. The highest BCUT2D eigenvalue weighted by atomic mass is 79.9. The summed E-state index contributed by atoms with van der Waals surface area (Å²) in [6.45, 7) is 5.45. The van der Waals surface area contributed by atoms with E-state index in [0.717, 1.165) is 43.4 Å². The van der Waals surface area contributed by atoms with E-state index in [9.17, 15) is 0 Å². The highest BCUT2D eigenvalue weighted by Crippen LogP contribution is 2.29. The van der Waals surface area contributed by atoms with Crippen LogP contribution in [-0.2, 0) is 4.74 Å². The van der Waals surface area contributed by atoms with Crippen molar-refractivity contribution in [1.29, 1.82) is 0 Å². The summed E-state index contributed by atoms with van der Waals surface area (Å²) in [5.41, 5.74) is 1.25. The van der Waals surface area contributed by atoms with Gasteiger partial charge in [0.15, 0.2) is 0 Å². The normalized spacial score (nSPS) is 23.9. The number of halogens is 1. The molecule has 1 aliphatic rings. The number of aliphatic hydroxyl groups excluding tert-OH is 1. The van der Waals surface area contributed by atoms with Crippen molar-refractivity contribution in [3.63, 3.8) is 0 Å². The Morgan fingerprint density at radius 2 is 2.00 bits per heavy atom. The van der Waals surface area contributed by atoms with E-state index < -0.39 is 0 Å². The van der Waals surface area contributed by atoms with Crippen molar-refractivity contribution in [2.24, 2.45) is 0 Å².